The number of amides is 4. The average Bonchev–Trinajstić information content (AvgIpc) is 3.21. The van der Waals surface area contributed by atoms with Crippen molar-refractivity contribution in [2.24, 2.45) is 20.5 Å². The molecule has 0 aromatic heterocycles. The van der Waals surface area contributed by atoms with Crippen molar-refractivity contribution in [2.75, 3.05) is 21.3 Å². The van der Waals surface area contributed by atoms with Crippen LogP contribution in [-0.4, -0.2) is 47.3 Å². The van der Waals surface area contributed by atoms with Crippen molar-refractivity contribution >= 4 is 116 Å². The molecule has 0 fully saturated rings. The summed E-state index contributed by atoms with van der Waals surface area (Å²) in [7, 11) is 0. The summed E-state index contributed by atoms with van der Waals surface area (Å²) >= 11 is 24.3. The van der Waals surface area contributed by atoms with Crippen LogP contribution in [0.4, 0.5) is 34.1 Å². The fourth-order valence-corrected chi connectivity index (χ4v) is 6.13. The van der Waals surface area contributed by atoms with Gasteiger partial charge in [-0.2, -0.15) is 20.5 Å². The molecule has 5 aromatic carbocycles. The van der Waals surface area contributed by atoms with Crippen molar-refractivity contribution in [3.05, 3.63) is 141 Å². The Hall–Kier alpha value is -6.32. The number of rotatable bonds is 16. The van der Waals surface area contributed by atoms with Crippen LogP contribution in [0.3, 0.4) is 0 Å². The summed E-state index contributed by atoms with van der Waals surface area (Å²) in [5, 5.41) is 26.9. The van der Waals surface area contributed by atoms with Gasteiger partial charge in [-0.15, -0.1) is 23.2 Å². The molecule has 5 aromatic rings. The molecular formula is C42H34Cl4N8O6. The zero-order valence-corrected chi connectivity index (χ0v) is 34.7. The number of ketones is 2. The van der Waals surface area contributed by atoms with E-state index in [4.69, 9.17) is 46.4 Å². The summed E-state index contributed by atoms with van der Waals surface area (Å²) < 4.78 is 0. The van der Waals surface area contributed by atoms with Crippen molar-refractivity contribution in [1.82, 2.24) is 0 Å². The first-order valence-electron chi connectivity index (χ1n) is 17.8. The number of hydrogen-bond acceptors (Lipinski definition) is 10. The number of Topliss-reactive ketones (excluding diaryl/α,β-unsaturated/α-hetero) is 2. The minimum absolute atomic E-state index is 0.120. The lowest BCUT2D eigenvalue weighted by Crippen LogP contribution is -2.32. The zero-order valence-electron chi connectivity index (χ0n) is 31.7. The van der Waals surface area contributed by atoms with Crippen LogP contribution < -0.4 is 21.3 Å². The van der Waals surface area contributed by atoms with E-state index in [0.29, 0.717) is 11.4 Å². The number of anilines is 4. The molecule has 0 saturated heterocycles. The van der Waals surface area contributed by atoms with E-state index in [1.807, 2.05) is 12.1 Å². The molecule has 0 saturated carbocycles. The second-order valence-corrected chi connectivity index (χ2v) is 14.4. The van der Waals surface area contributed by atoms with Crippen LogP contribution >= 0.6 is 46.4 Å². The number of halogens is 4. The lowest BCUT2D eigenvalue weighted by Gasteiger charge is -2.12. The third-order valence-electron chi connectivity index (χ3n) is 8.23. The summed E-state index contributed by atoms with van der Waals surface area (Å²) in [6, 6.07) is 25.1. The maximum atomic E-state index is 13.1. The molecule has 0 heterocycles. The fraction of sp³-hybridized carbons (Fsp3) is 0.143. The van der Waals surface area contributed by atoms with Gasteiger partial charge in [0, 0.05) is 55.7 Å². The van der Waals surface area contributed by atoms with Gasteiger partial charge in [0.15, 0.2) is 11.6 Å². The number of carbonyl (C=O) groups excluding carboxylic acids is 6. The Labute approximate surface area is 363 Å². The summed E-state index contributed by atoms with van der Waals surface area (Å²) in [5.74, 6) is -3.27. The molecule has 0 aliphatic heterocycles. The van der Waals surface area contributed by atoms with E-state index >= 15 is 0 Å². The second-order valence-electron chi connectivity index (χ2n) is 13.0. The molecule has 18 heteroatoms. The minimum atomic E-state index is -1.56. The third kappa shape index (κ3) is 12.8. The van der Waals surface area contributed by atoms with E-state index in [-0.39, 0.29) is 55.7 Å². The van der Waals surface area contributed by atoms with E-state index < -0.39 is 47.3 Å². The number of azo groups is 2. The fourth-order valence-electron chi connectivity index (χ4n) is 5.34. The Morgan fingerprint density at radius 2 is 0.883 bits per heavy atom. The Bertz CT molecular complexity index is 2340. The average molecular weight is 889 g/mol. The van der Waals surface area contributed by atoms with Gasteiger partial charge in [-0.05, 0) is 110 Å². The van der Waals surface area contributed by atoms with Gasteiger partial charge in [0.25, 0.3) is 23.6 Å². The molecule has 4 amide bonds. The first-order valence-corrected chi connectivity index (χ1v) is 19.6. The highest BCUT2D eigenvalue weighted by Crippen LogP contribution is 2.26. The first-order chi connectivity index (χ1) is 28.7. The van der Waals surface area contributed by atoms with Crippen molar-refractivity contribution in [1.29, 1.82) is 0 Å². The lowest BCUT2D eigenvalue weighted by molar-refractivity contribution is -0.127. The standard InChI is InChI=1S/C42H34Cl4N8O6/c1-23(55)37(53-51-35-17-27(15-29(45)19-35)39(57)49-33-7-3-5-25(13-33)21-43)41(59)47-31-9-11-32(12-10-31)48-42(60)38(24(2)56)54-52-36-18-28(16-30(46)20-36)40(58)50-34-8-4-6-26(14-34)22-44/h3-20,37-38H,21-22H2,1-2H3,(H,47,59)(H,48,60)(H,49,57)(H,50,58). The van der Waals surface area contributed by atoms with Crippen LogP contribution in [0.2, 0.25) is 10.0 Å². The van der Waals surface area contributed by atoms with E-state index in [9.17, 15) is 28.8 Å². The van der Waals surface area contributed by atoms with Crippen LogP contribution in [0.15, 0.2) is 130 Å². The lowest BCUT2D eigenvalue weighted by atomic mass is 10.1. The number of alkyl halides is 2. The highest BCUT2D eigenvalue weighted by atomic mass is 35.5. The normalized spacial score (nSPS) is 12.1. The molecule has 5 rings (SSSR count). The Kier molecular flexibility index (Phi) is 15.7. The topological polar surface area (TPSA) is 200 Å². The van der Waals surface area contributed by atoms with Crippen LogP contribution in [0.1, 0.15) is 45.7 Å². The van der Waals surface area contributed by atoms with Crippen LogP contribution in [-0.2, 0) is 30.9 Å². The highest BCUT2D eigenvalue weighted by molar-refractivity contribution is 6.31. The van der Waals surface area contributed by atoms with Crippen LogP contribution in [0, 0.1) is 0 Å². The molecule has 2 unspecified atom stereocenters. The largest absolute Gasteiger partial charge is 0.324 e. The number of nitrogens with zero attached hydrogens (tertiary/aromatic N) is 4. The molecular weight excluding hydrogens is 854 g/mol. The Morgan fingerprint density at radius 1 is 0.500 bits per heavy atom. The van der Waals surface area contributed by atoms with Crippen molar-refractivity contribution in [2.45, 2.75) is 37.7 Å². The van der Waals surface area contributed by atoms with Gasteiger partial charge in [-0.3, -0.25) is 28.8 Å². The number of nitrogens with one attached hydrogen (secondary N) is 4. The monoisotopic (exact) mass is 886 g/mol. The SMILES string of the molecule is CC(=O)C(N=Nc1cc(Cl)cc(C(=O)Nc2cccc(CCl)c2)c1)C(=O)Nc1ccc(NC(=O)C(N=Nc2cc(Cl)cc(C(=O)Nc3cccc(CCl)c3)c2)C(C)=O)cc1. The minimum Gasteiger partial charge on any atom is -0.324 e. The molecule has 0 spiro atoms. The maximum Gasteiger partial charge on any atom is 0.258 e. The molecule has 2 atom stereocenters. The Morgan fingerprint density at radius 3 is 1.23 bits per heavy atom. The van der Waals surface area contributed by atoms with Gasteiger partial charge >= 0.3 is 0 Å². The quantitative estimate of drug-likeness (QED) is 0.0431. The van der Waals surface area contributed by atoms with Gasteiger partial charge in [-0.25, -0.2) is 0 Å². The maximum absolute atomic E-state index is 13.1. The van der Waals surface area contributed by atoms with Gasteiger partial charge < -0.3 is 21.3 Å². The number of benzene rings is 5. The zero-order chi connectivity index (χ0) is 43.3. The number of carbonyl (C=O) groups is 6. The highest BCUT2D eigenvalue weighted by Gasteiger charge is 2.25. The van der Waals surface area contributed by atoms with E-state index in [1.54, 1.807) is 36.4 Å². The van der Waals surface area contributed by atoms with Crippen molar-refractivity contribution in [3.8, 4) is 0 Å². The van der Waals surface area contributed by atoms with Crippen LogP contribution in [0.5, 0.6) is 0 Å². The summed E-state index contributed by atoms with van der Waals surface area (Å²) in [4.78, 5) is 77.0. The molecule has 306 valence electrons. The van der Waals surface area contributed by atoms with Gasteiger partial charge in [0.2, 0.25) is 12.1 Å². The van der Waals surface area contributed by atoms with Gasteiger partial charge in [0.1, 0.15) is 0 Å². The van der Waals surface area contributed by atoms with E-state index in [0.717, 1.165) is 11.1 Å². The Balaban J connectivity index is 1.20. The summed E-state index contributed by atoms with van der Waals surface area (Å²) in [6.07, 6.45) is 0. The summed E-state index contributed by atoms with van der Waals surface area (Å²) in [6.45, 7) is 2.34. The van der Waals surface area contributed by atoms with E-state index in [2.05, 4.69) is 41.7 Å². The second kappa shape index (κ2) is 21.1. The van der Waals surface area contributed by atoms with Gasteiger partial charge in [-0.1, -0.05) is 47.5 Å². The smallest absolute Gasteiger partial charge is 0.258 e. The van der Waals surface area contributed by atoms with E-state index in [1.165, 1.54) is 74.5 Å². The third-order valence-corrected chi connectivity index (χ3v) is 9.29. The molecule has 4 N–H and O–H groups in total. The molecule has 0 aliphatic carbocycles. The molecule has 0 aliphatic rings. The van der Waals surface area contributed by atoms with Crippen molar-refractivity contribution < 1.29 is 28.8 Å². The van der Waals surface area contributed by atoms with Crippen molar-refractivity contribution in [3.63, 3.8) is 0 Å². The van der Waals surface area contributed by atoms with Gasteiger partial charge in [0.05, 0.1) is 11.4 Å². The number of hydrogen-bond donors (Lipinski definition) is 4. The predicted molar refractivity (Wildman–Crippen MR) is 232 cm³/mol. The molecule has 0 bridgehead atoms. The molecule has 14 nitrogen and oxygen atoms in total. The first kappa shape index (κ1) is 44.8. The molecule has 60 heavy (non-hydrogen) atoms. The summed E-state index contributed by atoms with van der Waals surface area (Å²) in [5.41, 5.74) is 3.71. The van der Waals surface area contributed by atoms with Crippen LogP contribution in [0.25, 0.3) is 0 Å². The predicted octanol–water partition coefficient (Wildman–Crippen LogP) is 10.3. The molecule has 0 radical (unpaired) electrons.